The monoisotopic (exact) mass is 329 g/mol. The lowest BCUT2D eigenvalue weighted by Crippen LogP contribution is -2.67. The Balaban J connectivity index is 1.42. The number of carboxylic acid groups (broad SMARTS) is 1. The molecule has 24 heavy (non-hydrogen) atoms. The van der Waals surface area contributed by atoms with E-state index in [0.717, 1.165) is 11.8 Å². The fourth-order valence-corrected chi connectivity index (χ4v) is 5.33. The van der Waals surface area contributed by atoms with Crippen molar-refractivity contribution in [2.45, 2.75) is 37.6 Å². The van der Waals surface area contributed by atoms with Crippen molar-refractivity contribution in [1.29, 1.82) is 0 Å². The Morgan fingerprint density at radius 2 is 1.79 bits per heavy atom. The molecule has 6 nitrogen and oxygen atoms in total. The second kappa shape index (κ2) is 5.55. The predicted octanol–water partition coefficient (Wildman–Crippen LogP) is 1.66. The van der Waals surface area contributed by atoms with Gasteiger partial charge in [0.05, 0.1) is 5.56 Å². The number of hydrogen-bond acceptors (Lipinski definition) is 4. The first-order valence-corrected chi connectivity index (χ1v) is 8.72. The maximum absolute atomic E-state index is 12.3. The van der Waals surface area contributed by atoms with E-state index in [4.69, 9.17) is 10.8 Å². The van der Waals surface area contributed by atoms with E-state index in [1.165, 1.54) is 50.4 Å². The number of carboxylic acids is 1. The Kier molecular flexibility index (Phi) is 3.60. The maximum Gasteiger partial charge on any atom is 0.337 e. The first-order valence-electron chi connectivity index (χ1n) is 8.72. The van der Waals surface area contributed by atoms with Crippen LogP contribution >= 0.6 is 0 Å². The smallest absolute Gasteiger partial charge is 0.337 e. The highest BCUT2D eigenvalue weighted by atomic mass is 16.4. The molecule has 0 spiro atoms. The number of aromatic carboxylic acids is 1. The van der Waals surface area contributed by atoms with Gasteiger partial charge in [-0.25, -0.2) is 4.79 Å². The van der Waals surface area contributed by atoms with E-state index < -0.39 is 5.97 Å². The Bertz CT molecular complexity index is 643. The lowest BCUT2D eigenvalue weighted by Gasteiger charge is -2.59. The normalized spacial score (nSPS) is 36.5. The van der Waals surface area contributed by atoms with Gasteiger partial charge in [0.2, 0.25) is 0 Å². The van der Waals surface area contributed by atoms with Crippen molar-refractivity contribution in [3.8, 4) is 0 Å². The molecule has 4 bridgehead atoms. The highest BCUT2D eigenvalue weighted by Gasteiger charge is 2.55. The molecule has 1 aromatic rings. The van der Waals surface area contributed by atoms with Crippen LogP contribution in [0.3, 0.4) is 0 Å². The molecule has 0 atom stereocenters. The Hall–Kier alpha value is -1.95. The van der Waals surface area contributed by atoms with Crippen molar-refractivity contribution in [3.63, 3.8) is 0 Å². The van der Waals surface area contributed by atoms with Crippen LogP contribution in [0.1, 0.15) is 53.0 Å². The molecule has 128 valence electrons. The van der Waals surface area contributed by atoms with Crippen molar-refractivity contribution in [1.82, 2.24) is 10.3 Å². The number of nitrogens with zero attached hydrogens (tertiary/aromatic N) is 1. The second-order valence-corrected chi connectivity index (χ2v) is 7.84. The van der Waals surface area contributed by atoms with Crippen molar-refractivity contribution in [3.05, 3.63) is 29.6 Å². The van der Waals surface area contributed by atoms with Gasteiger partial charge in [-0.2, -0.15) is 0 Å². The minimum absolute atomic E-state index is 0.0721. The van der Waals surface area contributed by atoms with Gasteiger partial charge in [0.15, 0.2) is 0 Å². The van der Waals surface area contributed by atoms with Crippen molar-refractivity contribution in [2.24, 2.45) is 29.4 Å². The molecular weight excluding hydrogens is 306 g/mol. The minimum atomic E-state index is -1.05. The number of hydrogen-bond donors (Lipinski definition) is 3. The van der Waals surface area contributed by atoms with Crippen LogP contribution in [0.2, 0.25) is 0 Å². The summed E-state index contributed by atoms with van der Waals surface area (Å²) >= 11 is 0. The van der Waals surface area contributed by atoms with Gasteiger partial charge < -0.3 is 16.2 Å². The van der Waals surface area contributed by atoms with Crippen LogP contribution < -0.4 is 11.1 Å². The largest absolute Gasteiger partial charge is 0.478 e. The number of carbonyl (C=O) groups is 2. The van der Waals surface area contributed by atoms with Crippen LogP contribution in [0.15, 0.2) is 18.3 Å². The first-order chi connectivity index (χ1) is 11.5. The minimum Gasteiger partial charge on any atom is -0.478 e. The van der Waals surface area contributed by atoms with Gasteiger partial charge in [0, 0.05) is 18.3 Å². The number of rotatable bonds is 4. The highest BCUT2D eigenvalue weighted by molar-refractivity contribution is 5.93. The maximum atomic E-state index is 12.3. The molecule has 1 heterocycles. The number of nitrogens with one attached hydrogen (secondary N) is 1. The summed E-state index contributed by atoms with van der Waals surface area (Å²) in [4.78, 5) is 27.1. The van der Waals surface area contributed by atoms with Gasteiger partial charge in [-0.15, -0.1) is 0 Å². The Morgan fingerprint density at radius 1 is 1.17 bits per heavy atom. The van der Waals surface area contributed by atoms with Crippen LogP contribution in [0, 0.1) is 23.7 Å². The third kappa shape index (κ3) is 2.49. The molecule has 0 unspecified atom stereocenters. The summed E-state index contributed by atoms with van der Waals surface area (Å²) in [7, 11) is 0. The second-order valence-electron chi connectivity index (χ2n) is 7.84. The SMILES string of the molecule is NC1(CNC(=O)c2ccc(C(=O)O)cn2)C2CC3CC(C2)CC1C3. The van der Waals surface area contributed by atoms with Crippen LogP contribution in [0.25, 0.3) is 0 Å². The fourth-order valence-electron chi connectivity index (χ4n) is 5.33. The molecule has 1 amide bonds. The fraction of sp³-hybridized carbons (Fsp3) is 0.611. The average Bonchev–Trinajstić information content (AvgIpc) is 2.57. The predicted molar refractivity (Wildman–Crippen MR) is 87.5 cm³/mol. The number of carbonyl (C=O) groups excluding carboxylic acids is 1. The molecule has 0 aromatic carbocycles. The highest BCUT2D eigenvalue weighted by Crippen LogP contribution is 2.57. The molecule has 4 N–H and O–H groups in total. The van der Waals surface area contributed by atoms with Gasteiger partial charge >= 0.3 is 5.97 Å². The average molecular weight is 329 g/mol. The molecule has 0 saturated heterocycles. The van der Waals surface area contributed by atoms with E-state index in [0.29, 0.717) is 18.4 Å². The van der Waals surface area contributed by atoms with Crippen LogP contribution in [0.5, 0.6) is 0 Å². The Labute approximate surface area is 140 Å². The summed E-state index contributed by atoms with van der Waals surface area (Å²) in [5.41, 5.74) is 6.77. The zero-order chi connectivity index (χ0) is 16.9. The third-order valence-corrected chi connectivity index (χ3v) is 6.46. The van der Waals surface area contributed by atoms with Gasteiger partial charge in [-0.1, -0.05) is 0 Å². The molecule has 4 fully saturated rings. The standard InChI is InChI=1S/C18H23N3O3/c19-18(13-4-10-3-11(6-13)7-14(18)5-10)9-21-16(22)15-2-1-12(8-20-15)17(23)24/h1-2,8,10-11,13-14H,3-7,9,19H2,(H,21,22)(H,23,24). The summed E-state index contributed by atoms with van der Waals surface area (Å²) in [5, 5.41) is 11.8. The number of aromatic nitrogens is 1. The third-order valence-electron chi connectivity index (χ3n) is 6.46. The zero-order valence-electron chi connectivity index (χ0n) is 13.6. The van der Waals surface area contributed by atoms with E-state index in [1.807, 2.05) is 0 Å². The summed E-state index contributed by atoms with van der Waals surface area (Å²) in [5.74, 6) is 1.36. The number of nitrogens with two attached hydrogens (primary N) is 1. The van der Waals surface area contributed by atoms with Crippen LogP contribution in [0.4, 0.5) is 0 Å². The van der Waals surface area contributed by atoms with Crippen molar-refractivity contribution < 1.29 is 14.7 Å². The van der Waals surface area contributed by atoms with E-state index in [2.05, 4.69) is 10.3 Å². The first kappa shape index (κ1) is 15.6. The Morgan fingerprint density at radius 3 is 2.29 bits per heavy atom. The topological polar surface area (TPSA) is 105 Å². The molecule has 0 radical (unpaired) electrons. The van der Waals surface area contributed by atoms with Crippen LogP contribution in [-0.4, -0.2) is 34.1 Å². The summed E-state index contributed by atoms with van der Waals surface area (Å²) in [6, 6.07) is 2.84. The van der Waals surface area contributed by atoms with Gasteiger partial charge in [-0.3, -0.25) is 9.78 Å². The number of pyridine rings is 1. The van der Waals surface area contributed by atoms with Gasteiger partial charge in [0.1, 0.15) is 5.69 Å². The van der Waals surface area contributed by atoms with Crippen LogP contribution in [-0.2, 0) is 0 Å². The lowest BCUT2D eigenvalue weighted by atomic mass is 9.49. The van der Waals surface area contributed by atoms with E-state index in [9.17, 15) is 9.59 Å². The molecule has 5 rings (SSSR count). The molecule has 1 aromatic heterocycles. The van der Waals surface area contributed by atoms with Crippen molar-refractivity contribution >= 4 is 11.9 Å². The molecule has 0 aliphatic heterocycles. The molecule has 6 heteroatoms. The van der Waals surface area contributed by atoms with Gasteiger partial charge in [-0.05, 0) is 67.9 Å². The van der Waals surface area contributed by atoms with Gasteiger partial charge in [0.25, 0.3) is 5.91 Å². The lowest BCUT2D eigenvalue weighted by molar-refractivity contribution is -0.0533. The molecule has 4 saturated carbocycles. The molecule has 4 aliphatic rings. The van der Waals surface area contributed by atoms with Crippen molar-refractivity contribution in [2.75, 3.05) is 6.54 Å². The summed E-state index contributed by atoms with van der Waals surface area (Å²) in [6.45, 7) is 0.475. The quantitative estimate of drug-likeness (QED) is 0.779. The molecule has 4 aliphatic carbocycles. The summed E-state index contributed by atoms with van der Waals surface area (Å²) < 4.78 is 0. The molecular formula is C18H23N3O3. The number of amides is 1. The zero-order valence-corrected chi connectivity index (χ0v) is 13.6. The summed E-state index contributed by atoms with van der Waals surface area (Å²) in [6.07, 6.45) is 7.37. The van der Waals surface area contributed by atoms with E-state index in [1.54, 1.807) is 0 Å². The van der Waals surface area contributed by atoms with E-state index >= 15 is 0 Å². The van der Waals surface area contributed by atoms with E-state index in [-0.39, 0.29) is 22.7 Å².